The second kappa shape index (κ2) is 9.66. The highest BCUT2D eigenvalue weighted by atomic mass is 35.5. The van der Waals surface area contributed by atoms with Crippen molar-refractivity contribution in [3.8, 4) is 22.8 Å². The SMILES string of the molecule is CCOC(=O)C1=C(C)N=c2s/c(=C/c3ccc(-c4cccc(Cl)c4)o3)c(=O)n2[C@H]1c1ccc2c(c1)OCO2. The van der Waals surface area contributed by atoms with Crippen molar-refractivity contribution in [3.63, 3.8) is 0 Å². The Kier molecular flexibility index (Phi) is 6.17. The molecular formula is C28H21ClN2O6S. The molecule has 38 heavy (non-hydrogen) atoms. The van der Waals surface area contributed by atoms with E-state index in [1.807, 2.05) is 30.3 Å². The molecule has 0 saturated carbocycles. The lowest BCUT2D eigenvalue weighted by Crippen LogP contribution is -2.39. The van der Waals surface area contributed by atoms with Crippen molar-refractivity contribution in [2.75, 3.05) is 13.4 Å². The van der Waals surface area contributed by atoms with Gasteiger partial charge in [-0.15, -0.1) is 0 Å². The van der Waals surface area contributed by atoms with Crippen molar-refractivity contribution in [3.05, 3.63) is 102 Å². The summed E-state index contributed by atoms with van der Waals surface area (Å²) >= 11 is 7.34. The van der Waals surface area contributed by atoms with Gasteiger partial charge < -0.3 is 18.6 Å². The fraction of sp³-hybridized carbons (Fsp3) is 0.179. The standard InChI is InChI=1S/C28H21ClN2O6S/c1-3-34-27(33)24-15(2)30-28-31(25(24)17-7-9-21-22(12-17)36-14-35-21)26(32)23(38-28)13-19-8-10-20(37-19)16-5-4-6-18(29)11-16/h4-13,25H,3,14H2,1-2H3/b23-13+/t25-/m0/s1. The van der Waals surface area contributed by atoms with Gasteiger partial charge in [-0.2, -0.15) is 0 Å². The Bertz CT molecular complexity index is 1800. The van der Waals surface area contributed by atoms with E-state index in [9.17, 15) is 9.59 Å². The third kappa shape index (κ3) is 4.23. The van der Waals surface area contributed by atoms with Gasteiger partial charge in [0.05, 0.1) is 28.5 Å². The zero-order valence-electron chi connectivity index (χ0n) is 20.4. The molecule has 2 aliphatic rings. The Morgan fingerprint density at radius 3 is 2.84 bits per heavy atom. The van der Waals surface area contributed by atoms with Crippen LogP contribution < -0.4 is 24.4 Å². The van der Waals surface area contributed by atoms with Gasteiger partial charge in [-0.3, -0.25) is 9.36 Å². The summed E-state index contributed by atoms with van der Waals surface area (Å²) in [4.78, 5) is 31.9. The summed E-state index contributed by atoms with van der Waals surface area (Å²) in [5.74, 6) is 1.76. The molecule has 2 aromatic carbocycles. The van der Waals surface area contributed by atoms with Gasteiger partial charge in [-0.25, -0.2) is 9.79 Å². The summed E-state index contributed by atoms with van der Waals surface area (Å²) in [7, 11) is 0. The number of thiazole rings is 1. The van der Waals surface area contributed by atoms with Crippen LogP contribution in [-0.4, -0.2) is 23.9 Å². The molecule has 0 saturated heterocycles. The molecule has 8 nitrogen and oxygen atoms in total. The van der Waals surface area contributed by atoms with Crippen LogP contribution in [0.4, 0.5) is 0 Å². The molecule has 4 heterocycles. The zero-order valence-corrected chi connectivity index (χ0v) is 22.0. The average molecular weight is 549 g/mol. The van der Waals surface area contributed by atoms with Gasteiger partial charge in [0.1, 0.15) is 11.5 Å². The van der Waals surface area contributed by atoms with Gasteiger partial charge in [0.2, 0.25) is 6.79 Å². The van der Waals surface area contributed by atoms with E-state index in [1.165, 1.54) is 15.9 Å². The number of carbonyl (C=O) groups excluding carboxylic acids is 1. The summed E-state index contributed by atoms with van der Waals surface area (Å²) in [6.07, 6.45) is 1.68. The number of carbonyl (C=O) groups is 1. The van der Waals surface area contributed by atoms with E-state index in [2.05, 4.69) is 4.99 Å². The van der Waals surface area contributed by atoms with Gasteiger partial charge in [-0.1, -0.05) is 41.1 Å². The van der Waals surface area contributed by atoms with Gasteiger partial charge in [0.15, 0.2) is 16.3 Å². The van der Waals surface area contributed by atoms with E-state index < -0.39 is 12.0 Å². The molecule has 192 valence electrons. The maximum absolute atomic E-state index is 13.8. The predicted octanol–water partition coefficient (Wildman–Crippen LogP) is 4.44. The zero-order chi connectivity index (χ0) is 26.4. The van der Waals surface area contributed by atoms with Crippen molar-refractivity contribution >= 4 is 35.0 Å². The number of allylic oxidation sites excluding steroid dienone is 1. The van der Waals surface area contributed by atoms with Crippen LogP contribution in [0, 0.1) is 0 Å². The molecule has 10 heteroatoms. The monoisotopic (exact) mass is 548 g/mol. The molecule has 0 amide bonds. The van der Waals surface area contributed by atoms with E-state index in [0.717, 1.165) is 5.56 Å². The fourth-order valence-electron chi connectivity index (χ4n) is 4.55. The highest BCUT2D eigenvalue weighted by Crippen LogP contribution is 2.38. The molecule has 0 N–H and O–H groups in total. The second-order valence-corrected chi connectivity index (χ2v) is 10.1. The third-order valence-electron chi connectivity index (χ3n) is 6.24. The van der Waals surface area contributed by atoms with Crippen molar-refractivity contribution in [1.82, 2.24) is 4.57 Å². The van der Waals surface area contributed by atoms with Gasteiger partial charge in [0, 0.05) is 16.7 Å². The number of fused-ring (bicyclic) bond motifs is 2. The lowest BCUT2D eigenvalue weighted by atomic mass is 9.95. The molecule has 0 bridgehead atoms. The number of halogens is 1. The maximum Gasteiger partial charge on any atom is 0.338 e. The first-order valence-corrected chi connectivity index (χ1v) is 13.1. The molecule has 0 radical (unpaired) electrons. The maximum atomic E-state index is 13.8. The first-order chi connectivity index (χ1) is 18.4. The van der Waals surface area contributed by atoms with Crippen LogP contribution >= 0.6 is 22.9 Å². The van der Waals surface area contributed by atoms with Crippen LogP contribution in [0.2, 0.25) is 5.02 Å². The number of rotatable bonds is 5. The lowest BCUT2D eigenvalue weighted by molar-refractivity contribution is -0.139. The summed E-state index contributed by atoms with van der Waals surface area (Å²) in [5.41, 5.74) is 1.99. The van der Waals surface area contributed by atoms with E-state index in [4.69, 9.17) is 30.2 Å². The Labute approximate surface area is 225 Å². The summed E-state index contributed by atoms with van der Waals surface area (Å²) < 4.78 is 24.3. The fourth-order valence-corrected chi connectivity index (χ4v) is 5.76. The van der Waals surface area contributed by atoms with Gasteiger partial charge in [0.25, 0.3) is 5.56 Å². The summed E-state index contributed by atoms with van der Waals surface area (Å²) in [6.45, 7) is 3.79. The predicted molar refractivity (Wildman–Crippen MR) is 142 cm³/mol. The molecular weight excluding hydrogens is 528 g/mol. The minimum atomic E-state index is -0.749. The largest absolute Gasteiger partial charge is 0.463 e. The topological polar surface area (TPSA) is 92.3 Å². The Hall–Kier alpha value is -4.08. The second-order valence-electron chi connectivity index (χ2n) is 8.63. The number of aromatic nitrogens is 1. The quantitative estimate of drug-likeness (QED) is 0.342. The normalized spacial score (nSPS) is 16.4. The molecule has 0 fully saturated rings. The van der Waals surface area contributed by atoms with Crippen LogP contribution in [-0.2, 0) is 9.53 Å². The minimum absolute atomic E-state index is 0.113. The number of furan rings is 1. The van der Waals surface area contributed by atoms with Gasteiger partial charge >= 0.3 is 5.97 Å². The highest BCUT2D eigenvalue weighted by Gasteiger charge is 2.34. The van der Waals surface area contributed by atoms with Crippen molar-refractivity contribution in [1.29, 1.82) is 0 Å². The lowest BCUT2D eigenvalue weighted by Gasteiger charge is -2.24. The summed E-state index contributed by atoms with van der Waals surface area (Å²) in [5, 5.41) is 0.602. The van der Waals surface area contributed by atoms with E-state index in [-0.39, 0.29) is 19.0 Å². The average Bonchev–Trinajstić information content (AvgIpc) is 3.63. The highest BCUT2D eigenvalue weighted by molar-refractivity contribution is 7.07. The molecule has 0 aliphatic carbocycles. The third-order valence-corrected chi connectivity index (χ3v) is 7.46. The minimum Gasteiger partial charge on any atom is -0.463 e. The molecule has 1 atom stereocenters. The molecule has 0 unspecified atom stereocenters. The molecule has 2 aliphatic heterocycles. The first-order valence-electron chi connectivity index (χ1n) is 11.9. The number of hydrogen-bond acceptors (Lipinski definition) is 8. The van der Waals surface area contributed by atoms with Crippen molar-refractivity contribution in [2.45, 2.75) is 19.9 Å². The number of esters is 1. The van der Waals surface area contributed by atoms with Crippen LogP contribution in [0.5, 0.6) is 11.5 Å². The molecule has 4 aromatic rings. The van der Waals surface area contributed by atoms with Crippen LogP contribution in [0.1, 0.15) is 31.2 Å². The van der Waals surface area contributed by atoms with Crippen LogP contribution in [0.3, 0.4) is 0 Å². The van der Waals surface area contributed by atoms with Crippen molar-refractivity contribution in [2.24, 2.45) is 4.99 Å². The Balaban J connectivity index is 1.48. The molecule has 0 spiro atoms. The number of benzene rings is 2. The van der Waals surface area contributed by atoms with E-state index in [1.54, 1.807) is 44.2 Å². The van der Waals surface area contributed by atoms with E-state index >= 15 is 0 Å². The number of hydrogen-bond donors (Lipinski definition) is 0. The molecule has 2 aromatic heterocycles. The van der Waals surface area contributed by atoms with Crippen LogP contribution in [0.25, 0.3) is 17.4 Å². The van der Waals surface area contributed by atoms with E-state index in [0.29, 0.717) is 54.2 Å². The van der Waals surface area contributed by atoms with Crippen LogP contribution in [0.15, 0.2) is 80.1 Å². The van der Waals surface area contributed by atoms with Crippen molar-refractivity contribution < 1.29 is 23.4 Å². The Morgan fingerprint density at radius 1 is 1.18 bits per heavy atom. The number of ether oxygens (including phenoxy) is 3. The first kappa shape index (κ1) is 24.3. The smallest absolute Gasteiger partial charge is 0.338 e. The van der Waals surface area contributed by atoms with Gasteiger partial charge in [-0.05, 0) is 55.8 Å². The summed E-state index contributed by atoms with van der Waals surface area (Å²) in [6, 6.07) is 15.6. The molecule has 6 rings (SSSR count). The Morgan fingerprint density at radius 2 is 2.03 bits per heavy atom. The number of nitrogens with zero attached hydrogens (tertiary/aromatic N) is 2.